The highest BCUT2D eigenvalue weighted by molar-refractivity contribution is 5.29. The van der Waals surface area contributed by atoms with Crippen molar-refractivity contribution in [1.29, 1.82) is 0 Å². The van der Waals surface area contributed by atoms with E-state index < -0.39 is 0 Å². The molecule has 5 nitrogen and oxygen atoms in total. The van der Waals surface area contributed by atoms with Gasteiger partial charge in [-0.05, 0) is 19.4 Å². The fourth-order valence-electron chi connectivity index (χ4n) is 1.91. The summed E-state index contributed by atoms with van der Waals surface area (Å²) >= 11 is 0. The monoisotopic (exact) mass is 247 g/mol. The van der Waals surface area contributed by atoms with E-state index in [-0.39, 0.29) is 0 Å². The van der Waals surface area contributed by atoms with E-state index in [9.17, 15) is 0 Å². The molecule has 0 unspecified atom stereocenters. The van der Waals surface area contributed by atoms with Crippen molar-refractivity contribution in [3.05, 3.63) is 29.8 Å². The Morgan fingerprint density at radius 2 is 2.22 bits per heavy atom. The molecule has 2 rings (SSSR count). The van der Waals surface area contributed by atoms with Crippen molar-refractivity contribution in [3.63, 3.8) is 0 Å². The minimum absolute atomic E-state index is 0.712. The van der Waals surface area contributed by atoms with Gasteiger partial charge in [0.25, 0.3) is 0 Å². The van der Waals surface area contributed by atoms with Crippen molar-refractivity contribution in [2.45, 2.75) is 39.8 Å². The molecule has 18 heavy (non-hydrogen) atoms. The Hall–Kier alpha value is -1.78. The number of unbranched alkanes of at least 4 members (excludes halogenated alkanes) is 1. The fourth-order valence-corrected chi connectivity index (χ4v) is 1.91. The van der Waals surface area contributed by atoms with Gasteiger partial charge in [0.2, 0.25) is 5.95 Å². The van der Waals surface area contributed by atoms with Crippen molar-refractivity contribution >= 4 is 5.95 Å². The molecular weight excluding hydrogens is 226 g/mol. The smallest absolute Gasteiger partial charge is 0.203 e. The van der Waals surface area contributed by atoms with Crippen molar-refractivity contribution in [2.75, 3.05) is 5.32 Å². The summed E-state index contributed by atoms with van der Waals surface area (Å²) in [5.41, 5.74) is 2.08. The van der Waals surface area contributed by atoms with E-state index in [0.717, 1.165) is 23.9 Å². The number of hydrogen-bond donors (Lipinski definition) is 1. The average molecular weight is 247 g/mol. The summed E-state index contributed by atoms with van der Waals surface area (Å²) in [5.74, 6) is 0.937. The second-order valence-electron chi connectivity index (χ2n) is 4.59. The van der Waals surface area contributed by atoms with Crippen molar-refractivity contribution < 1.29 is 0 Å². The first-order chi connectivity index (χ1) is 8.69. The molecule has 2 aromatic heterocycles. The number of aromatic nitrogens is 4. The van der Waals surface area contributed by atoms with E-state index in [4.69, 9.17) is 0 Å². The molecule has 0 saturated carbocycles. The van der Waals surface area contributed by atoms with Crippen LogP contribution in [-0.4, -0.2) is 19.3 Å². The number of hydrogen-bond acceptors (Lipinski definition) is 3. The molecule has 0 spiro atoms. The first-order valence-electron chi connectivity index (χ1n) is 6.45. The van der Waals surface area contributed by atoms with Crippen LogP contribution in [0, 0.1) is 6.92 Å². The SMILES string of the molecule is CCCCn1cc(C)nc1NCc1ccn(C)n1. The standard InChI is InChI=1S/C13H21N5/c1-4-5-7-18-10-11(2)15-13(18)14-9-12-6-8-17(3)16-12/h6,8,10H,4-5,7,9H2,1-3H3,(H,14,15). The third kappa shape index (κ3) is 3.12. The van der Waals surface area contributed by atoms with Gasteiger partial charge < -0.3 is 9.88 Å². The third-order valence-corrected chi connectivity index (χ3v) is 2.85. The number of anilines is 1. The normalized spacial score (nSPS) is 10.8. The van der Waals surface area contributed by atoms with Gasteiger partial charge in [-0.15, -0.1) is 0 Å². The van der Waals surface area contributed by atoms with Crippen LogP contribution in [0.5, 0.6) is 0 Å². The highest BCUT2D eigenvalue weighted by Crippen LogP contribution is 2.11. The second kappa shape index (κ2) is 5.71. The van der Waals surface area contributed by atoms with Gasteiger partial charge in [0.05, 0.1) is 17.9 Å². The predicted molar refractivity (Wildman–Crippen MR) is 72.4 cm³/mol. The molecule has 0 atom stereocenters. The molecule has 2 heterocycles. The van der Waals surface area contributed by atoms with Gasteiger partial charge in [0.15, 0.2) is 0 Å². The molecule has 0 aromatic carbocycles. The second-order valence-corrected chi connectivity index (χ2v) is 4.59. The van der Waals surface area contributed by atoms with Crippen LogP contribution in [0.25, 0.3) is 0 Å². The minimum Gasteiger partial charge on any atom is -0.350 e. The maximum Gasteiger partial charge on any atom is 0.203 e. The molecule has 0 aliphatic rings. The van der Waals surface area contributed by atoms with Crippen LogP contribution in [-0.2, 0) is 20.1 Å². The molecular formula is C13H21N5. The summed E-state index contributed by atoms with van der Waals surface area (Å²) in [5, 5.41) is 7.69. The first kappa shape index (κ1) is 12.7. The predicted octanol–water partition coefficient (Wildman–Crippen LogP) is 2.34. The van der Waals surface area contributed by atoms with Gasteiger partial charge in [-0.1, -0.05) is 13.3 Å². The van der Waals surface area contributed by atoms with E-state index >= 15 is 0 Å². The Morgan fingerprint density at radius 3 is 2.89 bits per heavy atom. The van der Waals surface area contributed by atoms with Crippen molar-refractivity contribution in [3.8, 4) is 0 Å². The Balaban J connectivity index is 1.99. The van der Waals surface area contributed by atoms with Crippen LogP contribution in [0.4, 0.5) is 5.95 Å². The highest BCUT2D eigenvalue weighted by atomic mass is 15.3. The molecule has 1 N–H and O–H groups in total. The van der Waals surface area contributed by atoms with E-state index in [2.05, 4.69) is 33.1 Å². The maximum absolute atomic E-state index is 4.50. The van der Waals surface area contributed by atoms with Gasteiger partial charge in [0.1, 0.15) is 0 Å². The molecule has 0 amide bonds. The Kier molecular flexibility index (Phi) is 4.02. The summed E-state index contributed by atoms with van der Waals surface area (Å²) in [4.78, 5) is 4.50. The quantitative estimate of drug-likeness (QED) is 0.852. The molecule has 0 aliphatic carbocycles. The third-order valence-electron chi connectivity index (χ3n) is 2.85. The van der Waals surface area contributed by atoms with Crippen LogP contribution in [0.15, 0.2) is 18.5 Å². The summed E-state index contributed by atoms with van der Waals surface area (Å²) in [6.45, 7) is 5.95. The van der Waals surface area contributed by atoms with Gasteiger partial charge in [-0.2, -0.15) is 5.10 Å². The average Bonchev–Trinajstić information content (AvgIpc) is 2.90. The number of nitrogens with zero attached hydrogens (tertiary/aromatic N) is 4. The molecule has 0 aliphatic heterocycles. The first-order valence-corrected chi connectivity index (χ1v) is 6.45. The zero-order valence-corrected chi connectivity index (χ0v) is 11.3. The van der Waals surface area contributed by atoms with Gasteiger partial charge in [-0.25, -0.2) is 4.98 Å². The molecule has 0 fully saturated rings. The number of imidazole rings is 1. The van der Waals surface area contributed by atoms with Crippen LogP contribution >= 0.6 is 0 Å². The van der Waals surface area contributed by atoms with E-state index in [0.29, 0.717) is 6.54 Å². The van der Waals surface area contributed by atoms with Gasteiger partial charge >= 0.3 is 0 Å². The maximum atomic E-state index is 4.50. The molecule has 0 bridgehead atoms. The van der Waals surface area contributed by atoms with E-state index in [1.54, 1.807) is 0 Å². The molecule has 5 heteroatoms. The van der Waals surface area contributed by atoms with Crippen LogP contribution < -0.4 is 5.32 Å². The lowest BCUT2D eigenvalue weighted by Crippen LogP contribution is -2.08. The summed E-state index contributed by atoms with van der Waals surface area (Å²) in [7, 11) is 1.93. The molecule has 98 valence electrons. The highest BCUT2D eigenvalue weighted by Gasteiger charge is 2.05. The molecule has 2 aromatic rings. The molecule has 0 radical (unpaired) electrons. The minimum atomic E-state index is 0.712. The molecule has 0 saturated heterocycles. The lowest BCUT2D eigenvalue weighted by Gasteiger charge is -2.07. The van der Waals surface area contributed by atoms with E-state index in [1.807, 2.05) is 30.9 Å². The van der Waals surface area contributed by atoms with Gasteiger partial charge in [-0.3, -0.25) is 4.68 Å². The van der Waals surface area contributed by atoms with Crippen LogP contribution in [0.3, 0.4) is 0 Å². The Labute approximate surface area is 108 Å². The summed E-state index contributed by atoms with van der Waals surface area (Å²) in [6, 6.07) is 2.01. The zero-order chi connectivity index (χ0) is 13.0. The lowest BCUT2D eigenvalue weighted by atomic mass is 10.3. The zero-order valence-electron chi connectivity index (χ0n) is 11.3. The Morgan fingerprint density at radius 1 is 1.39 bits per heavy atom. The fraction of sp³-hybridized carbons (Fsp3) is 0.538. The van der Waals surface area contributed by atoms with Gasteiger partial charge in [0, 0.05) is 26.0 Å². The number of nitrogens with one attached hydrogen (secondary N) is 1. The van der Waals surface area contributed by atoms with Crippen molar-refractivity contribution in [2.24, 2.45) is 7.05 Å². The topological polar surface area (TPSA) is 47.7 Å². The number of rotatable bonds is 6. The largest absolute Gasteiger partial charge is 0.350 e. The summed E-state index contributed by atoms with van der Waals surface area (Å²) in [6.07, 6.45) is 6.41. The lowest BCUT2D eigenvalue weighted by molar-refractivity contribution is 0.634. The Bertz CT molecular complexity index is 497. The van der Waals surface area contributed by atoms with Crippen LogP contribution in [0.1, 0.15) is 31.2 Å². The summed E-state index contributed by atoms with van der Waals surface area (Å²) < 4.78 is 3.99. The van der Waals surface area contributed by atoms with Crippen LogP contribution in [0.2, 0.25) is 0 Å². The number of aryl methyl sites for hydroxylation is 3. The van der Waals surface area contributed by atoms with Crippen molar-refractivity contribution in [1.82, 2.24) is 19.3 Å². The van der Waals surface area contributed by atoms with E-state index in [1.165, 1.54) is 12.8 Å².